The average molecular weight is 555 g/mol. The van der Waals surface area contributed by atoms with Gasteiger partial charge in [0, 0.05) is 48.8 Å². The van der Waals surface area contributed by atoms with Crippen LogP contribution in [0.4, 0.5) is 5.69 Å². The molecule has 2 aromatic carbocycles. The number of rotatable bonds is 5. The first-order valence-electron chi connectivity index (χ1n) is 14.8. The summed E-state index contributed by atoms with van der Waals surface area (Å²) in [5, 5.41) is 3.41. The third-order valence-electron chi connectivity index (χ3n) is 8.95. The van der Waals surface area contributed by atoms with Gasteiger partial charge in [0.1, 0.15) is 11.6 Å². The number of ketones is 1. The number of amides is 1. The Hall–Kier alpha value is -3.71. The summed E-state index contributed by atoms with van der Waals surface area (Å²) in [6.45, 7) is 5.83. The van der Waals surface area contributed by atoms with Gasteiger partial charge >= 0.3 is 0 Å². The number of hydrogen-bond acceptors (Lipinski definition) is 6. The van der Waals surface area contributed by atoms with E-state index in [1.165, 1.54) is 5.57 Å². The molecule has 1 amide bonds. The van der Waals surface area contributed by atoms with Crippen LogP contribution in [0.25, 0.3) is 0 Å². The van der Waals surface area contributed by atoms with Crippen LogP contribution in [0.2, 0.25) is 0 Å². The van der Waals surface area contributed by atoms with Crippen molar-refractivity contribution in [3.63, 3.8) is 0 Å². The lowest BCUT2D eigenvalue weighted by Crippen LogP contribution is -2.34. The third-order valence-corrected chi connectivity index (χ3v) is 8.95. The summed E-state index contributed by atoms with van der Waals surface area (Å²) in [6.07, 6.45) is 9.56. The van der Waals surface area contributed by atoms with Gasteiger partial charge in [0.25, 0.3) is 5.91 Å². The van der Waals surface area contributed by atoms with Crippen molar-refractivity contribution < 1.29 is 14.3 Å². The zero-order valence-electron chi connectivity index (χ0n) is 24.9. The topological polar surface area (TPSA) is 74.2 Å². The Kier molecular flexibility index (Phi) is 8.74. The number of likely N-dealkylation sites (N-methyl/N-ethyl adjacent to an activating group) is 1. The Morgan fingerprint density at radius 3 is 2.73 bits per heavy atom. The molecular formula is C34H42N4O3. The van der Waals surface area contributed by atoms with Crippen molar-refractivity contribution in [1.82, 2.24) is 9.80 Å². The molecule has 2 aromatic rings. The summed E-state index contributed by atoms with van der Waals surface area (Å²) in [5.41, 5.74) is 4.59. The Morgan fingerprint density at radius 1 is 1.20 bits per heavy atom. The maximum atomic E-state index is 13.3. The minimum Gasteiger partial charge on any atom is -0.495 e. The molecule has 0 radical (unpaired) electrons. The molecule has 1 aliphatic carbocycles. The maximum absolute atomic E-state index is 13.3. The van der Waals surface area contributed by atoms with Crippen molar-refractivity contribution in [1.29, 1.82) is 0 Å². The quantitative estimate of drug-likeness (QED) is 0.479. The molecule has 7 heteroatoms. The van der Waals surface area contributed by atoms with E-state index in [4.69, 9.17) is 9.73 Å². The van der Waals surface area contributed by atoms with Crippen molar-refractivity contribution in [3.8, 4) is 5.75 Å². The highest BCUT2D eigenvalue weighted by molar-refractivity contribution is 6.06. The molecule has 1 saturated heterocycles. The normalized spacial score (nSPS) is 24.3. The predicted octanol–water partition coefficient (Wildman–Crippen LogP) is 6.16. The van der Waals surface area contributed by atoms with E-state index in [0.29, 0.717) is 35.5 Å². The minimum absolute atomic E-state index is 0.0262. The number of allylic oxidation sites excluding steroid dienone is 2. The molecule has 0 saturated carbocycles. The molecule has 1 fully saturated rings. The number of carbonyl (C=O) groups excluding carboxylic acids is 2. The number of fused-ring (bicyclic) bond motifs is 2. The van der Waals surface area contributed by atoms with Gasteiger partial charge in [-0.2, -0.15) is 0 Å². The highest BCUT2D eigenvalue weighted by atomic mass is 16.5. The monoisotopic (exact) mass is 554 g/mol. The number of likely N-dealkylation sites (tertiary alicyclic amines) is 1. The Labute approximate surface area is 244 Å². The van der Waals surface area contributed by atoms with E-state index in [1.54, 1.807) is 7.11 Å². The van der Waals surface area contributed by atoms with Crippen molar-refractivity contribution in [2.75, 3.05) is 39.6 Å². The molecule has 3 aliphatic rings. The van der Waals surface area contributed by atoms with Crippen LogP contribution in [0, 0.1) is 11.8 Å². The fraction of sp³-hybridized carbons (Fsp3) is 0.441. The molecule has 5 rings (SSSR count). The summed E-state index contributed by atoms with van der Waals surface area (Å²) in [6, 6.07) is 14.0. The van der Waals surface area contributed by atoms with E-state index in [1.807, 2.05) is 53.6 Å². The molecule has 7 nitrogen and oxygen atoms in total. The van der Waals surface area contributed by atoms with Gasteiger partial charge in [-0.25, -0.2) is 4.99 Å². The molecule has 41 heavy (non-hydrogen) atoms. The van der Waals surface area contributed by atoms with Crippen LogP contribution in [0.3, 0.4) is 0 Å². The number of Topliss-reactive ketones (excluding diaryl/α,β-unsaturated/α-hetero) is 1. The number of amidine groups is 1. The number of anilines is 1. The molecule has 216 valence electrons. The van der Waals surface area contributed by atoms with Gasteiger partial charge in [-0.3, -0.25) is 9.59 Å². The Morgan fingerprint density at radius 2 is 2.00 bits per heavy atom. The van der Waals surface area contributed by atoms with Crippen LogP contribution in [0.1, 0.15) is 71.7 Å². The van der Waals surface area contributed by atoms with Crippen molar-refractivity contribution in [2.45, 2.75) is 51.5 Å². The first-order valence-corrected chi connectivity index (χ1v) is 14.8. The first kappa shape index (κ1) is 28.8. The van der Waals surface area contributed by atoms with E-state index < -0.39 is 0 Å². The van der Waals surface area contributed by atoms with Crippen LogP contribution < -0.4 is 10.1 Å². The number of aliphatic imine (C=N–C) groups is 1. The first-order chi connectivity index (χ1) is 19.8. The zero-order chi connectivity index (χ0) is 29.1. The number of methoxy groups -OCH3 is 1. The maximum Gasteiger partial charge on any atom is 0.254 e. The summed E-state index contributed by atoms with van der Waals surface area (Å²) in [4.78, 5) is 35.4. The average Bonchev–Trinajstić information content (AvgIpc) is 3.40. The molecule has 0 bridgehead atoms. The molecule has 2 aliphatic heterocycles. The van der Waals surface area contributed by atoms with Crippen molar-refractivity contribution >= 4 is 23.2 Å². The second kappa shape index (κ2) is 12.4. The van der Waals surface area contributed by atoms with Crippen LogP contribution in [-0.4, -0.2) is 67.7 Å². The van der Waals surface area contributed by atoms with E-state index in [2.05, 4.69) is 50.3 Å². The fourth-order valence-electron chi connectivity index (χ4n) is 6.41. The van der Waals surface area contributed by atoms with E-state index >= 15 is 0 Å². The lowest BCUT2D eigenvalue weighted by atomic mass is 9.80. The molecule has 4 unspecified atom stereocenters. The van der Waals surface area contributed by atoms with Crippen LogP contribution in [0.15, 0.2) is 71.4 Å². The third kappa shape index (κ3) is 6.15. The van der Waals surface area contributed by atoms with E-state index in [0.717, 1.165) is 49.2 Å². The second-order valence-corrected chi connectivity index (χ2v) is 11.8. The van der Waals surface area contributed by atoms with Crippen molar-refractivity contribution in [3.05, 3.63) is 83.1 Å². The molecule has 4 atom stereocenters. The summed E-state index contributed by atoms with van der Waals surface area (Å²) >= 11 is 0. The summed E-state index contributed by atoms with van der Waals surface area (Å²) in [7, 11) is 5.73. The minimum atomic E-state index is 0.0262. The Bertz CT molecular complexity index is 1390. The van der Waals surface area contributed by atoms with Crippen LogP contribution >= 0.6 is 0 Å². The predicted molar refractivity (Wildman–Crippen MR) is 165 cm³/mol. The van der Waals surface area contributed by atoms with Gasteiger partial charge in [0.05, 0.1) is 12.8 Å². The number of ether oxygens (including phenoxy) is 1. The number of benzene rings is 2. The lowest BCUT2D eigenvalue weighted by Gasteiger charge is -2.24. The molecule has 2 heterocycles. The smallest absolute Gasteiger partial charge is 0.254 e. The van der Waals surface area contributed by atoms with Gasteiger partial charge in [-0.15, -0.1) is 0 Å². The van der Waals surface area contributed by atoms with Gasteiger partial charge in [0.2, 0.25) is 0 Å². The zero-order valence-corrected chi connectivity index (χ0v) is 24.9. The van der Waals surface area contributed by atoms with Gasteiger partial charge in [-0.05, 0) is 80.6 Å². The molecule has 0 spiro atoms. The standard InChI is InChI=1S/C34H42N4O3/c1-6-23-18-24-12-14-33(35-20-29(24)22(2)17-31(39)28-10-8-7-9-27(23)28)36-30-13-11-25(19-32(30)41-5)34(40)38-16-15-26(21-38)37(3)4/h7-14,19-20,22-24,26H,6,15-18,21H2,1-5H3,(H,35,36). The van der Waals surface area contributed by atoms with E-state index in [9.17, 15) is 9.59 Å². The number of carbonyl (C=O) groups is 2. The summed E-state index contributed by atoms with van der Waals surface area (Å²) < 4.78 is 5.69. The number of hydrogen-bond donors (Lipinski definition) is 1. The SMILES string of the molecule is CCC1CC2C=CC(Nc3ccc(C(=O)N4CCC(N(C)C)C4)cc3OC)=NC=C2C(C)CC(=O)c2ccccc21. The molecule has 1 N–H and O–H groups in total. The number of nitrogens with zero attached hydrogens (tertiary/aromatic N) is 3. The second-order valence-electron chi connectivity index (χ2n) is 11.8. The van der Waals surface area contributed by atoms with Gasteiger partial charge < -0.3 is 19.9 Å². The van der Waals surface area contributed by atoms with Crippen molar-refractivity contribution in [2.24, 2.45) is 16.8 Å². The highest BCUT2D eigenvalue weighted by Gasteiger charge is 2.30. The molecular weight excluding hydrogens is 512 g/mol. The van der Waals surface area contributed by atoms with Crippen LogP contribution in [-0.2, 0) is 0 Å². The van der Waals surface area contributed by atoms with Gasteiger partial charge in [0.15, 0.2) is 5.78 Å². The highest BCUT2D eigenvalue weighted by Crippen LogP contribution is 2.39. The molecule has 0 aromatic heterocycles. The largest absolute Gasteiger partial charge is 0.495 e. The lowest BCUT2D eigenvalue weighted by molar-refractivity contribution is 0.0782. The Balaban J connectivity index is 1.36. The van der Waals surface area contributed by atoms with E-state index in [-0.39, 0.29) is 23.5 Å². The van der Waals surface area contributed by atoms with Gasteiger partial charge in [-0.1, -0.05) is 44.2 Å². The summed E-state index contributed by atoms with van der Waals surface area (Å²) in [5.74, 6) is 2.08. The fourth-order valence-corrected chi connectivity index (χ4v) is 6.41. The number of nitrogens with one attached hydrogen (secondary N) is 1. The van der Waals surface area contributed by atoms with Crippen LogP contribution in [0.5, 0.6) is 5.75 Å².